The Morgan fingerprint density at radius 1 is 1.11 bits per heavy atom. The van der Waals surface area contributed by atoms with Crippen LogP contribution in [0.5, 0.6) is 0 Å². The number of primary amides is 1. The number of urea groups is 1. The number of piperazine rings is 1. The van der Waals surface area contributed by atoms with Crippen LogP contribution in [0.15, 0.2) is 30.3 Å². The molecule has 0 spiro atoms. The molecule has 5 amide bonds. The first-order valence-corrected chi connectivity index (χ1v) is 19.4. The zero-order valence-corrected chi connectivity index (χ0v) is 33.8. The van der Waals surface area contributed by atoms with Crippen molar-refractivity contribution < 1.29 is 33.8 Å². The minimum Gasteiger partial charge on any atom is -0.394 e. The number of likely N-dealkylation sites (tertiary alicyclic amines) is 1. The zero-order chi connectivity index (χ0) is 39.6. The van der Waals surface area contributed by atoms with Crippen molar-refractivity contribution >= 4 is 23.8 Å². The molecule has 13 heteroatoms. The van der Waals surface area contributed by atoms with E-state index in [2.05, 4.69) is 24.5 Å². The number of rotatable bonds is 18. The van der Waals surface area contributed by atoms with Gasteiger partial charge >= 0.3 is 6.03 Å². The first-order chi connectivity index (χ1) is 25.1. The van der Waals surface area contributed by atoms with Gasteiger partial charge in [-0.05, 0) is 50.5 Å². The van der Waals surface area contributed by atoms with Gasteiger partial charge in [-0.1, -0.05) is 71.4 Å². The SMILES string of the molecule is CC[C@H](C)[C@@H]([C@@H](CC(=O)N1CCC[C@H]1[C@H](OC)[C@@H](C)C(=O)N[C@H](CO)Cc1ccccc1)OC)N(C)C(=O)[C@@H](C(C)C)C1(C)CNCC(C)N1C(N)=O. The number of aliphatic hydroxyl groups excluding tert-OH is 1. The van der Waals surface area contributed by atoms with Crippen molar-refractivity contribution in [1.29, 1.82) is 0 Å². The topological polar surface area (TPSA) is 167 Å². The Balaban J connectivity index is 1.82. The summed E-state index contributed by atoms with van der Waals surface area (Å²) >= 11 is 0. The lowest BCUT2D eigenvalue weighted by Gasteiger charge is -2.53. The third-order valence-corrected chi connectivity index (χ3v) is 11.9. The lowest BCUT2D eigenvalue weighted by molar-refractivity contribution is -0.152. The van der Waals surface area contributed by atoms with Crippen LogP contribution in [0.2, 0.25) is 0 Å². The number of nitrogens with zero attached hydrogens (tertiary/aromatic N) is 3. The Morgan fingerprint density at radius 2 is 1.77 bits per heavy atom. The van der Waals surface area contributed by atoms with E-state index in [9.17, 15) is 24.3 Å². The molecule has 0 saturated carbocycles. The number of nitrogens with one attached hydrogen (secondary N) is 2. The molecular weight excluding hydrogens is 676 g/mol. The van der Waals surface area contributed by atoms with Gasteiger partial charge in [0.1, 0.15) is 0 Å². The van der Waals surface area contributed by atoms with Crippen LogP contribution in [0.1, 0.15) is 79.7 Å². The van der Waals surface area contributed by atoms with Gasteiger partial charge in [-0.2, -0.15) is 0 Å². The van der Waals surface area contributed by atoms with E-state index < -0.39 is 47.7 Å². The Hall–Kier alpha value is -3.26. The van der Waals surface area contributed by atoms with Crippen LogP contribution < -0.4 is 16.4 Å². The maximum atomic E-state index is 14.7. The second-order valence-corrected chi connectivity index (χ2v) is 15.9. The summed E-state index contributed by atoms with van der Waals surface area (Å²) < 4.78 is 12.0. The summed E-state index contributed by atoms with van der Waals surface area (Å²) in [5.41, 5.74) is 6.06. The number of hydrogen-bond acceptors (Lipinski definition) is 8. The normalized spacial score (nSPS) is 24.5. The Bertz CT molecular complexity index is 1350. The molecule has 0 bridgehead atoms. The first kappa shape index (κ1) is 44.1. The highest BCUT2D eigenvalue weighted by Gasteiger charge is 2.52. The van der Waals surface area contributed by atoms with Crippen molar-refractivity contribution in [2.24, 2.45) is 29.4 Å². The summed E-state index contributed by atoms with van der Waals surface area (Å²) in [7, 11) is 4.92. The summed E-state index contributed by atoms with van der Waals surface area (Å²) in [5, 5.41) is 16.4. The van der Waals surface area contributed by atoms with E-state index in [1.54, 1.807) is 38.0 Å². The van der Waals surface area contributed by atoms with Crippen LogP contribution >= 0.6 is 0 Å². The van der Waals surface area contributed by atoms with E-state index in [4.69, 9.17) is 15.2 Å². The predicted octanol–water partition coefficient (Wildman–Crippen LogP) is 3.03. The number of aliphatic hydroxyl groups is 1. The van der Waals surface area contributed by atoms with E-state index in [0.717, 1.165) is 18.4 Å². The molecule has 2 aliphatic heterocycles. The monoisotopic (exact) mass is 745 g/mol. The molecule has 1 aromatic carbocycles. The Kier molecular flexibility index (Phi) is 16.6. The van der Waals surface area contributed by atoms with Crippen molar-refractivity contribution in [2.45, 2.75) is 122 Å². The van der Waals surface area contributed by atoms with Gasteiger partial charge in [-0.3, -0.25) is 14.4 Å². The van der Waals surface area contributed by atoms with Crippen molar-refractivity contribution in [1.82, 2.24) is 25.3 Å². The molecule has 10 atom stereocenters. The molecule has 5 N–H and O–H groups in total. The van der Waals surface area contributed by atoms with Gasteiger partial charge < -0.3 is 45.6 Å². The smallest absolute Gasteiger partial charge is 0.315 e. The van der Waals surface area contributed by atoms with Crippen molar-refractivity contribution in [3.8, 4) is 0 Å². The lowest BCUT2D eigenvalue weighted by Crippen LogP contribution is -2.72. The quantitative estimate of drug-likeness (QED) is 0.178. The van der Waals surface area contributed by atoms with Crippen molar-refractivity contribution in [3.63, 3.8) is 0 Å². The highest BCUT2D eigenvalue weighted by atomic mass is 16.5. The summed E-state index contributed by atoms with van der Waals surface area (Å²) in [5.74, 6) is -1.81. The first-order valence-electron chi connectivity index (χ1n) is 19.4. The minimum atomic E-state index is -0.874. The standard InChI is InChI=1S/C40H68N6O7/c1-11-26(4)35(44(8)38(50)34(25(2)3)40(7)24-42-22-27(5)46(40)39(41)51)32(52-9)21-33(48)45-19-15-18-31(45)36(53-10)28(6)37(49)43-30(23-47)20-29-16-13-12-14-17-29/h12-14,16-17,25-28,30-32,34-36,42,47H,11,15,18-24H2,1-10H3,(H2,41,51)(H,43,49)/t26-,27?,28+,30-,31-,32+,34+,35-,36+,40?/m0/s1. The van der Waals surface area contributed by atoms with Crippen LogP contribution in [0, 0.1) is 23.7 Å². The third kappa shape index (κ3) is 10.3. The van der Waals surface area contributed by atoms with Gasteiger partial charge in [0.15, 0.2) is 0 Å². The van der Waals surface area contributed by atoms with Gasteiger partial charge in [0.25, 0.3) is 0 Å². The number of methoxy groups -OCH3 is 2. The van der Waals surface area contributed by atoms with E-state index in [1.165, 1.54) is 0 Å². The fraction of sp³-hybridized carbons (Fsp3) is 0.750. The third-order valence-electron chi connectivity index (χ3n) is 11.9. The number of benzene rings is 1. The molecule has 0 aliphatic carbocycles. The number of ether oxygens (including phenoxy) is 2. The van der Waals surface area contributed by atoms with Crippen molar-refractivity contribution in [3.05, 3.63) is 35.9 Å². The van der Waals surface area contributed by atoms with Crippen LogP contribution in [-0.4, -0.2) is 133 Å². The Morgan fingerprint density at radius 3 is 2.32 bits per heavy atom. The zero-order valence-electron chi connectivity index (χ0n) is 33.8. The molecule has 3 rings (SSSR count). The van der Waals surface area contributed by atoms with Gasteiger partial charge in [0.05, 0.1) is 60.7 Å². The molecule has 2 unspecified atom stereocenters. The maximum absolute atomic E-state index is 14.7. The van der Waals surface area contributed by atoms with Crippen LogP contribution in [0.4, 0.5) is 4.79 Å². The van der Waals surface area contributed by atoms with Crippen LogP contribution in [0.25, 0.3) is 0 Å². The fourth-order valence-electron chi connectivity index (χ4n) is 9.13. The number of likely N-dealkylation sites (N-methyl/N-ethyl adjacent to an activating group) is 1. The molecule has 300 valence electrons. The number of hydrogen-bond donors (Lipinski definition) is 4. The Labute approximate surface area is 317 Å². The van der Waals surface area contributed by atoms with E-state index >= 15 is 0 Å². The summed E-state index contributed by atoms with van der Waals surface area (Å²) in [6.07, 6.45) is 1.53. The largest absolute Gasteiger partial charge is 0.394 e. The number of amides is 5. The molecule has 2 aliphatic rings. The fourth-order valence-corrected chi connectivity index (χ4v) is 9.13. The minimum absolute atomic E-state index is 0.0156. The van der Waals surface area contributed by atoms with Crippen LogP contribution in [-0.2, 0) is 30.3 Å². The van der Waals surface area contributed by atoms with E-state index in [-0.39, 0.29) is 54.7 Å². The highest BCUT2D eigenvalue weighted by molar-refractivity contribution is 5.83. The van der Waals surface area contributed by atoms with Gasteiger partial charge in [0.2, 0.25) is 17.7 Å². The molecule has 1 aromatic rings. The molecular formula is C40H68N6O7. The van der Waals surface area contributed by atoms with Gasteiger partial charge in [-0.25, -0.2) is 4.79 Å². The molecule has 2 saturated heterocycles. The van der Waals surface area contributed by atoms with Gasteiger partial charge in [0, 0.05) is 46.9 Å². The highest BCUT2D eigenvalue weighted by Crippen LogP contribution is 2.37. The number of nitrogens with two attached hydrogens (primary N) is 1. The maximum Gasteiger partial charge on any atom is 0.315 e. The summed E-state index contributed by atoms with van der Waals surface area (Å²) in [6, 6.07) is 7.71. The molecule has 13 nitrogen and oxygen atoms in total. The molecule has 0 radical (unpaired) electrons. The van der Waals surface area contributed by atoms with E-state index in [0.29, 0.717) is 32.5 Å². The summed E-state index contributed by atoms with van der Waals surface area (Å²) in [6.45, 7) is 15.1. The molecule has 53 heavy (non-hydrogen) atoms. The number of carbonyl (C=O) groups is 4. The predicted molar refractivity (Wildman–Crippen MR) is 206 cm³/mol. The average molecular weight is 745 g/mol. The average Bonchev–Trinajstić information content (AvgIpc) is 3.60. The molecule has 2 fully saturated rings. The second kappa shape index (κ2) is 19.9. The second-order valence-electron chi connectivity index (χ2n) is 15.9. The summed E-state index contributed by atoms with van der Waals surface area (Å²) in [4.78, 5) is 60.5. The number of carbonyl (C=O) groups excluding carboxylic acids is 4. The van der Waals surface area contributed by atoms with E-state index in [1.807, 2.05) is 62.9 Å². The molecule has 2 heterocycles. The lowest BCUT2D eigenvalue weighted by atomic mass is 9.73. The van der Waals surface area contributed by atoms with Crippen molar-refractivity contribution in [2.75, 3.05) is 47.5 Å². The molecule has 0 aromatic heterocycles. The van der Waals surface area contributed by atoms with Crippen LogP contribution in [0.3, 0.4) is 0 Å². The van der Waals surface area contributed by atoms with Gasteiger partial charge in [-0.15, -0.1) is 0 Å².